The molecule has 19 heavy (non-hydrogen) atoms. The maximum absolute atomic E-state index is 11.4. The van der Waals surface area contributed by atoms with Gasteiger partial charge >= 0.3 is 5.97 Å². The van der Waals surface area contributed by atoms with Crippen LogP contribution in [0.15, 0.2) is 12.3 Å². The lowest BCUT2D eigenvalue weighted by Gasteiger charge is -2.21. The van der Waals surface area contributed by atoms with Crippen molar-refractivity contribution in [3.05, 3.63) is 23.5 Å². The van der Waals surface area contributed by atoms with Crippen molar-refractivity contribution in [3.8, 4) is 0 Å². The van der Waals surface area contributed by atoms with E-state index in [1.165, 1.54) is 13.0 Å². The van der Waals surface area contributed by atoms with Crippen LogP contribution in [0.2, 0.25) is 0 Å². The van der Waals surface area contributed by atoms with Crippen LogP contribution in [0.1, 0.15) is 53.1 Å². The minimum absolute atomic E-state index is 0.0479. The predicted molar refractivity (Wildman–Crippen MR) is 67.5 cm³/mol. The normalized spacial score (nSPS) is 26.6. The number of carboxylic acids is 1. The lowest BCUT2D eigenvalue weighted by Crippen LogP contribution is -2.24. The van der Waals surface area contributed by atoms with E-state index in [4.69, 9.17) is 4.74 Å². The highest BCUT2D eigenvalue weighted by Crippen LogP contribution is 2.43. The highest BCUT2D eigenvalue weighted by atomic mass is 16.5. The summed E-state index contributed by atoms with van der Waals surface area (Å²) in [4.78, 5) is 22.8. The van der Waals surface area contributed by atoms with Gasteiger partial charge in [-0.05, 0) is 38.2 Å². The minimum atomic E-state index is -0.992. The van der Waals surface area contributed by atoms with Crippen LogP contribution in [-0.4, -0.2) is 34.1 Å². The molecule has 2 unspecified atom stereocenters. The summed E-state index contributed by atoms with van der Waals surface area (Å²) in [5.74, 6) is -0.547. The molecule has 0 spiro atoms. The average Bonchev–Trinajstić information content (AvgIpc) is 2.93. The van der Waals surface area contributed by atoms with Crippen molar-refractivity contribution in [2.24, 2.45) is 5.92 Å². The third kappa shape index (κ3) is 2.18. The monoisotopic (exact) mass is 263 g/mol. The van der Waals surface area contributed by atoms with Crippen LogP contribution >= 0.6 is 0 Å². The van der Waals surface area contributed by atoms with Gasteiger partial charge in [0.1, 0.15) is 5.69 Å². The number of Topliss-reactive ketones (excluding diaryl/α,β-unsaturated/α-hetero) is 1. The standard InChI is InChI=1S/C14H17NO4/c1-8(16)10-6-12(14(17)18)15(7-10)11-4-5-19-13(11)9-2-3-9/h6-7,9,11,13H,2-5H2,1H3,(H,17,18). The number of carboxylic acid groups (broad SMARTS) is 1. The van der Waals surface area contributed by atoms with Gasteiger partial charge in [-0.1, -0.05) is 0 Å². The first-order valence-electron chi connectivity index (χ1n) is 6.65. The second-order valence-corrected chi connectivity index (χ2v) is 5.41. The molecule has 2 heterocycles. The molecule has 5 heteroatoms. The lowest BCUT2D eigenvalue weighted by atomic mass is 10.1. The van der Waals surface area contributed by atoms with Crippen LogP contribution in [0.25, 0.3) is 0 Å². The first-order chi connectivity index (χ1) is 9.08. The summed E-state index contributed by atoms with van der Waals surface area (Å²) in [6.07, 6.45) is 4.90. The second kappa shape index (κ2) is 4.49. The van der Waals surface area contributed by atoms with E-state index < -0.39 is 5.97 Å². The van der Waals surface area contributed by atoms with E-state index in [-0.39, 0.29) is 23.6 Å². The first-order valence-corrected chi connectivity index (χ1v) is 6.65. The molecule has 0 amide bonds. The Morgan fingerprint density at radius 1 is 1.37 bits per heavy atom. The van der Waals surface area contributed by atoms with Gasteiger partial charge in [-0.3, -0.25) is 4.79 Å². The molecule has 2 aliphatic rings. The average molecular weight is 263 g/mol. The third-order valence-electron chi connectivity index (χ3n) is 4.02. The molecule has 1 aromatic rings. The quantitative estimate of drug-likeness (QED) is 0.845. The minimum Gasteiger partial charge on any atom is -0.477 e. The lowest BCUT2D eigenvalue weighted by molar-refractivity contribution is 0.0645. The molecule has 1 aliphatic carbocycles. The summed E-state index contributed by atoms with van der Waals surface area (Å²) in [5.41, 5.74) is 0.644. The van der Waals surface area contributed by atoms with Gasteiger partial charge in [0.15, 0.2) is 5.78 Å². The van der Waals surface area contributed by atoms with Crippen LogP contribution in [0, 0.1) is 5.92 Å². The van der Waals surface area contributed by atoms with E-state index in [9.17, 15) is 14.7 Å². The van der Waals surface area contributed by atoms with Crippen molar-refractivity contribution in [1.82, 2.24) is 4.57 Å². The molecular weight excluding hydrogens is 246 g/mol. The Morgan fingerprint density at radius 2 is 2.11 bits per heavy atom. The Hall–Kier alpha value is -1.62. The molecular formula is C14H17NO4. The van der Waals surface area contributed by atoms with Gasteiger partial charge in [0.05, 0.1) is 12.1 Å². The zero-order chi connectivity index (χ0) is 13.6. The zero-order valence-electron chi connectivity index (χ0n) is 10.8. The molecule has 2 atom stereocenters. The van der Waals surface area contributed by atoms with Crippen LogP contribution in [0.4, 0.5) is 0 Å². The van der Waals surface area contributed by atoms with Crippen molar-refractivity contribution in [3.63, 3.8) is 0 Å². The Balaban J connectivity index is 1.98. The molecule has 102 valence electrons. The summed E-state index contributed by atoms with van der Waals surface area (Å²) in [6, 6.07) is 1.51. The van der Waals surface area contributed by atoms with Crippen molar-refractivity contribution in [1.29, 1.82) is 0 Å². The largest absolute Gasteiger partial charge is 0.477 e. The van der Waals surface area contributed by atoms with Gasteiger partial charge < -0.3 is 14.4 Å². The van der Waals surface area contributed by atoms with Crippen molar-refractivity contribution in [2.75, 3.05) is 6.61 Å². The predicted octanol–water partition coefficient (Wildman–Crippen LogP) is 2.13. The molecule has 0 aromatic carbocycles. The second-order valence-electron chi connectivity index (χ2n) is 5.41. The van der Waals surface area contributed by atoms with Gasteiger partial charge in [0.2, 0.25) is 0 Å². The van der Waals surface area contributed by atoms with E-state index in [0.717, 1.165) is 19.3 Å². The summed E-state index contributed by atoms with van der Waals surface area (Å²) < 4.78 is 7.48. The number of aromatic nitrogens is 1. The Kier molecular flexibility index (Phi) is 2.93. The smallest absolute Gasteiger partial charge is 0.352 e. The molecule has 0 bridgehead atoms. The first kappa shape index (κ1) is 12.4. The van der Waals surface area contributed by atoms with E-state index in [1.807, 2.05) is 0 Å². The van der Waals surface area contributed by atoms with Crippen molar-refractivity contribution >= 4 is 11.8 Å². The number of carbonyl (C=O) groups is 2. The highest BCUT2D eigenvalue weighted by molar-refractivity contribution is 5.97. The number of nitrogens with zero attached hydrogens (tertiary/aromatic N) is 1. The highest BCUT2D eigenvalue weighted by Gasteiger charge is 2.42. The van der Waals surface area contributed by atoms with E-state index >= 15 is 0 Å². The number of aromatic carboxylic acids is 1. The number of carbonyl (C=O) groups excluding carboxylic acids is 1. The number of rotatable bonds is 4. The Bertz CT molecular complexity index is 530. The summed E-state index contributed by atoms with van der Waals surface area (Å²) in [7, 11) is 0. The van der Waals surface area contributed by atoms with Crippen molar-refractivity contribution in [2.45, 2.75) is 38.3 Å². The molecule has 1 aliphatic heterocycles. The fourth-order valence-corrected chi connectivity index (χ4v) is 2.89. The van der Waals surface area contributed by atoms with E-state index in [2.05, 4.69) is 0 Å². The van der Waals surface area contributed by atoms with Gasteiger partial charge in [-0.25, -0.2) is 4.79 Å². The van der Waals surface area contributed by atoms with Crippen molar-refractivity contribution < 1.29 is 19.4 Å². The molecule has 1 saturated heterocycles. The number of hydrogen-bond acceptors (Lipinski definition) is 3. The maximum atomic E-state index is 11.4. The number of ether oxygens (including phenoxy) is 1. The van der Waals surface area contributed by atoms with Gasteiger partial charge in [-0.2, -0.15) is 0 Å². The Labute approximate surface area is 111 Å². The summed E-state index contributed by atoms with van der Waals surface area (Å²) >= 11 is 0. The van der Waals surface area contributed by atoms with E-state index in [1.54, 1.807) is 10.8 Å². The Morgan fingerprint density at radius 3 is 2.68 bits per heavy atom. The van der Waals surface area contributed by atoms with Crippen LogP contribution in [-0.2, 0) is 4.74 Å². The van der Waals surface area contributed by atoms with Gasteiger partial charge in [0, 0.05) is 18.4 Å². The van der Waals surface area contributed by atoms with Gasteiger partial charge in [-0.15, -0.1) is 0 Å². The van der Waals surface area contributed by atoms with Crippen LogP contribution < -0.4 is 0 Å². The van der Waals surface area contributed by atoms with Crippen LogP contribution in [0.3, 0.4) is 0 Å². The molecule has 5 nitrogen and oxygen atoms in total. The molecule has 1 N–H and O–H groups in total. The fraction of sp³-hybridized carbons (Fsp3) is 0.571. The van der Waals surface area contributed by atoms with Crippen LogP contribution in [0.5, 0.6) is 0 Å². The number of ketones is 1. The maximum Gasteiger partial charge on any atom is 0.352 e. The summed E-state index contributed by atoms with van der Waals surface area (Å²) in [5, 5.41) is 9.29. The van der Waals surface area contributed by atoms with E-state index in [0.29, 0.717) is 18.1 Å². The zero-order valence-corrected chi connectivity index (χ0v) is 10.8. The van der Waals surface area contributed by atoms with Gasteiger partial charge in [0.25, 0.3) is 0 Å². The molecule has 1 aromatic heterocycles. The summed E-state index contributed by atoms with van der Waals surface area (Å²) in [6.45, 7) is 2.12. The molecule has 0 radical (unpaired) electrons. The SMILES string of the molecule is CC(=O)c1cc(C(=O)O)n(C2CCOC2C2CC2)c1. The molecule has 1 saturated carbocycles. The topological polar surface area (TPSA) is 68.5 Å². The fourth-order valence-electron chi connectivity index (χ4n) is 2.89. The number of hydrogen-bond donors (Lipinski definition) is 1. The molecule has 2 fully saturated rings. The third-order valence-corrected chi connectivity index (χ3v) is 4.02. The molecule has 3 rings (SSSR count).